The summed E-state index contributed by atoms with van der Waals surface area (Å²) in [5, 5.41) is 18.0. The molecule has 4 nitrogen and oxygen atoms in total. The molecule has 7 heteroatoms. The first-order chi connectivity index (χ1) is 11.4. The minimum atomic E-state index is -4.70. The summed E-state index contributed by atoms with van der Waals surface area (Å²) in [4.78, 5) is 0. The predicted molar refractivity (Wildman–Crippen MR) is 80.6 cm³/mol. The van der Waals surface area contributed by atoms with E-state index < -0.39 is 13.2 Å². The Kier molecular flexibility index (Phi) is 6.05. The third kappa shape index (κ3) is 5.43. The van der Waals surface area contributed by atoms with Gasteiger partial charge in [-0.2, -0.15) is 0 Å². The Bertz CT molecular complexity index is 654. The molecule has 2 aromatic rings. The number of rotatable bonds is 7. The van der Waals surface area contributed by atoms with Gasteiger partial charge >= 0.3 is 6.36 Å². The highest BCUT2D eigenvalue weighted by atomic mass is 19.4. The number of benzene rings is 2. The topological polar surface area (TPSA) is 58.9 Å². The summed E-state index contributed by atoms with van der Waals surface area (Å²) in [7, 11) is 0. The van der Waals surface area contributed by atoms with Gasteiger partial charge in [0.1, 0.15) is 11.5 Å². The van der Waals surface area contributed by atoms with E-state index >= 15 is 0 Å². The minimum Gasteiger partial charge on any atom is -0.467 e. The average molecular weight is 342 g/mol. The van der Waals surface area contributed by atoms with Crippen molar-refractivity contribution < 1.29 is 32.9 Å². The zero-order valence-electron chi connectivity index (χ0n) is 12.7. The zero-order chi connectivity index (χ0) is 17.6. The second-order valence-electron chi connectivity index (χ2n) is 5.07. The first kappa shape index (κ1) is 18.1. The molecule has 0 radical (unpaired) electrons. The van der Waals surface area contributed by atoms with Crippen LogP contribution in [0.3, 0.4) is 0 Å². The van der Waals surface area contributed by atoms with Crippen molar-refractivity contribution in [3.63, 3.8) is 0 Å². The maximum atomic E-state index is 12.1. The molecule has 130 valence electrons. The van der Waals surface area contributed by atoms with Crippen molar-refractivity contribution in [3.05, 3.63) is 59.2 Å². The van der Waals surface area contributed by atoms with Gasteiger partial charge in [0.05, 0.1) is 6.61 Å². The maximum absolute atomic E-state index is 12.1. The van der Waals surface area contributed by atoms with E-state index in [0.717, 1.165) is 11.1 Å². The lowest BCUT2D eigenvalue weighted by Gasteiger charge is -2.11. The van der Waals surface area contributed by atoms with Crippen molar-refractivity contribution in [3.8, 4) is 11.5 Å². The van der Waals surface area contributed by atoms with Crippen LogP contribution in [0.1, 0.15) is 16.7 Å². The molecule has 0 aliphatic rings. The second-order valence-corrected chi connectivity index (χ2v) is 5.07. The number of aliphatic hydroxyl groups excluding tert-OH is 2. The summed E-state index contributed by atoms with van der Waals surface area (Å²) in [6, 6.07) is 11.0. The highest BCUT2D eigenvalue weighted by Gasteiger charge is 2.30. The largest absolute Gasteiger partial charge is 0.573 e. The molecular formula is C17H17F3O4. The third-order valence-corrected chi connectivity index (χ3v) is 3.38. The van der Waals surface area contributed by atoms with E-state index in [4.69, 9.17) is 9.84 Å². The Hall–Kier alpha value is -2.25. The fourth-order valence-corrected chi connectivity index (χ4v) is 2.24. The maximum Gasteiger partial charge on any atom is 0.573 e. The Labute approximate surface area is 137 Å². The van der Waals surface area contributed by atoms with E-state index in [0.29, 0.717) is 24.2 Å². The van der Waals surface area contributed by atoms with Crippen LogP contribution >= 0.6 is 0 Å². The number of halogens is 3. The van der Waals surface area contributed by atoms with Gasteiger partial charge in [-0.15, -0.1) is 13.2 Å². The fraction of sp³-hybridized carbons (Fsp3) is 0.294. The van der Waals surface area contributed by atoms with Crippen LogP contribution in [0.2, 0.25) is 0 Å². The molecule has 0 amide bonds. The number of aliphatic hydroxyl groups is 2. The van der Waals surface area contributed by atoms with Gasteiger partial charge in [0.25, 0.3) is 0 Å². The molecule has 0 bridgehead atoms. The van der Waals surface area contributed by atoms with Gasteiger partial charge in [0, 0.05) is 5.56 Å². The SMILES string of the molecule is OCOc1cc(CCc2ccc(OC(F)(F)F)cc2)ccc1CO. The van der Waals surface area contributed by atoms with E-state index in [1.165, 1.54) is 12.1 Å². The predicted octanol–water partition coefficient (Wildman–Crippen LogP) is 3.19. The van der Waals surface area contributed by atoms with Gasteiger partial charge in [-0.25, -0.2) is 0 Å². The van der Waals surface area contributed by atoms with Crippen molar-refractivity contribution in [1.29, 1.82) is 0 Å². The standard InChI is InChI=1S/C17H17F3O4/c18-17(19,20)24-15-7-4-12(5-8-15)1-2-13-3-6-14(10-21)16(9-13)23-11-22/h3-9,21-22H,1-2,10-11H2. The van der Waals surface area contributed by atoms with Gasteiger partial charge in [-0.1, -0.05) is 24.3 Å². The molecule has 0 unspecified atom stereocenters. The molecule has 0 saturated carbocycles. The summed E-state index contributed by atoms with van der Waals surface area (Å²) < 4.78 is 45.2. The first-order valence-electron chi connectivity index (χ1n) is 7.22. The smallest absolute Gasteiger partial charge is 0.467 e. The molecule has 0 saturated heterocycles. The minimum absolute atomic E-state index is 0.198. The number of ether oxygens (including phenoxy) is 2. The Morgan fingerprint density at radius 1 is 0.875 bits per heavy atom. The summed E-state index contributed by atoms with van der Waals surface area (Å²) in [6.07, 6.45) is -3.45. The van der Waals surface area contributed by atoms with Crippen molar-refractivity contribution in [1.82, 2.24) is 0 Å². The van der Waals surface area contributed by atoms with Gasteiger partial charge in [0.15, 0.2) is 6.79 Å². The monoisotopic (exact) mass is 342 g/mol. The normalized spacial score (nSPS) is 11.4. The molecule has 2 rings (SSSR count). The molecule has 0 aliphatic heterocycles. The number of aryl methyl sites for hydroxylation is 2. The summed E-state index contributed by atoms with van der Waals surface area (Å²) in [5.74, 6) is 0.156. The van der Waals surface area contributed by atoms with Crippen LogP contribution in [-0.4, -0.2) is 23.4 Å². The number of hydrogen-bond donors (Lipinski definition) is 2. The molecular weight excluding hydrogens is 325 g/mol. The van der Waals surface area contributed by atoms with Crippen molar-refractivity contribution in [2.45, 2.75) is 25.8 Å². The molecule has 0 atom stereocenters. The number of hydrogen-bond acceptors (Lipinski definition) is 4. The quantitative estimate of drug-likeness (QED) is 0.759. The van der Waals surface area contributed by atoms with Crippen LogP contribution in [0.15, 0.2) is 42.5 Å². The molecule has 0 heterocycles. The Balaban J connectivity index is 1.99. The van der Waals surface area contributed by atoms with E-state index in [-0.39, 0.29) is 12.4 Å². The van der Waals surface area contributed by atoms with Crippen molar-refractivity contribution >= 4 is 0 Å². The van der Waals surface area contributed by atoms with Crippen LogP contribution in [0.25, 0.3) is 0 Å². The summed E-state index contributed by atoms with van der Waals surface area (Å²) in [6.45, 7) is -0.687. The summed E-state index contributed by atoms with van der Waals surface area (Å²) >= 11 is 0. The molecule has 0 aliphatic carbocycles. The lowest BCUT2D eigenvalue weighted by atomic mass is 10.0. The average Bonchev–Trinajstić information content (AvgIpc) is 2.53. The van der Waals surface area contributed by atoms with Gasteiger partial charge in [-0.05, 0) is 42.2 Å². The van der Waals surface area contributed by atoms with Crippen LogP contribution in [0.4, 0.5) is 13.2 Å². The van der Waals surface area contributed by atoms with Crippen LogP contribution in [-0.2, 0) is 19.4 Å². The van der Waals surface area contributed by atoms with Crippen LogP contribution in [0.5, 0.6) is 11.5 Å². The van der Waals surface area contributed by atoms with Gasteiger partial charge in [-0.3, -0.25) is 0 Å². The molecule has 2 aromatic carbocycles. The number of alkyl halides is 3. The fourth-order valence-electron chi connectivity index (χ4n) is 2.24. The summed E-state index contributed by atoms with van der Waals surface area (Å²) in [5.41, 5.74) is 2.35. The molecule has 24 heavy (non-hydrogen) atoms. The van der Waals surface area contributed by atoms with Crippen LogP contribution < -0.4 is 9.47 Å². The van der Waals surface area contributed by atoms with Crippen molar-refractivity contribution in [2.75, 3.05) is 6.79 Å². The molecule has 2 N–H and O–H groups in total. The molecule has 0 fully saturated rings. The van der Waals surface area contributed by atoms with Crippen LogP contribution in [0, 0.1) is 0 Å². The van der Waals surface area contributed by atoms with E-state index in [2.05, 4.69) is 4.74 Å². The lowest BCUT2D eigenvalue weighted by Crippen LogP contribution is -2.17. The highest BCUT2D eigenvalue weighted by Crippen LogP contribution is 2.24. The lowest BCUT2D eigenvalue weighted by molar-refractivity contribution is -0.274. The van der Waals surface area contributed by atoms with E-state index in [1.807, 2.05) is 6.07 Å². The highest BCUT2D eigenvalue weighted by molar-refractivity contribution is 5.38. The van der Waals surface area contributed by atoms with E-state index in [1.54, 1.807) is 24.3 Å². The second kappa shape index (κ2) is 8.03. The zero-order valence-corrected chi connectivity index (χ0v) is 12.7. The van der Waals surface area contributed by atoms with Crippen molar-refractivity contribution in [2.24, 2.45) is 0 Å². The first-order valence-corrected chi connectivity index (χ1v) is 7.22. The molecule has 0 aromatic heterocycles. The Morgan fingerprint density at radius 2 is 1.50 bits per heavy atom. The third-order valence-electron chi connectivity index (χ3n) is 3.38. The molecule has 0 spiro atoms. The van der Waals surface area contributed by atoms with Gasteiger partial charge in [0.2, 0.25) is 0 Å². The Morgan fingerprint density at radius 3 is 2.08 bits per heavy atom. The van der Waals surface area contributed by atoms with E-state index in [9.17, 15) is 18.3 Å². The van der Waals surface area contributed by atoms with Gasteiger partial charge < -0.3 is 19.7 Å².